The number of halogens is 8. The number of anilines is 1. The quantitative estimate of drug-likeness (QED) is 0.436. The minimum absolute atomic E-state index is 0.0185. The van der Waals surface area contributed by atoms with E-state index < -0.39 is 58.5 Å². The zero-order valence-corrected chi connectivity index (χ0v) is 15.9. The van der Waals surface area contributed by atoms with Crippen LogP contribution in [0.2, 0.25) is 0 Å². The van der Waals surface area contributed by atoms with Gasteiger partial charge in [-0.25, -0.2) is 8.78 Å². The minimum Gasteiger partial charge on any atom is -0.456 e. The lowest BCUT2D eigenvalue weighted by molar-refractivity contribution is -0.275. The van der Waals surface area contributed by atoms with Gasteiger partial charge in [-0.2, -0.15) is 13.2 Å². The Balaban J connectivity index is 2.00. The first-order valence-corrected chi connectivity index (χ1v) is 8.69. The zero-order valence-electron chi connectivity index (χ0n) is 15.9. The Morgan fingerprint density at radius 1 is 0.939 bits per heavy atom. The number of hydrogen-bond acceptors (Lipinski definition) is 4. The first-order chi connectivity index (χ1) is 15.3. The smallest absolute Gasteiger partial charge is 0.456 e. The molecule has 1 amide bonds. The molecule has 1 heterocycles. The predicted octanol–water partition coefficient (Wildman–Crippen LogP) is 6.32. The molecule has 5 nitrogen and oxygen atoms in total. The lowest BCUT2D eigenvalue weighted by atomic mass is 10.1. The highest BCUT2D eigenvalue weighted by molar-refractivity contribution is 6.06. The Morgan fingerprint density at radius 2 is 1.64 bits per heavy atom. The summed E-state index contributed by atoms with van der Waals surface area (Å²) >= 11 is 0. The number of hydrogen-bond donors (Lipinski definition) is 1. The van der Waals surface area contributed by atoms with Gasteiger partial charge in [0.05, 0.1) is 17.4 Å². The van der Waals surface area contributed by atoms with E-state index in [2.05, 4.69) is 15.0 Å². The summed E-state index contributed by atoms with van der Waals surface area (Å²) in [5, 5.41) is 2.14. The molecule has 1 aromatic heterocycles. The summed E-state index contributed by atoms with van der Waals surface area (Å²) in [7, 11) is 0. The van der Waals surface area contributed by atoms with Crippen molar-refractivity contribution in [1.82, 2.24) is 4.98 Å². The summed E-state index contributed by atoms with van der Waals surface area (Å²) in [5.41, 5.74) is -2.93. The second-order valence-electron chi connectivity index (χ2n) is 6.24. The molecule has 0 spiro atoms. The van der Waals surface area contributed by atoms with Crippen molar-refractivity contribution in [2.45, 2.75) is 12.5 Å². The van der Waals surface area contributed by atoms with E-state index in [9.17, 15) is 39.9 Å². The third kappa shape index (κ3) is 5.87. The number of carbonyl (C=O) groups excluding carboxylic acids is 1. The molecule has 3 rings (SSSR count). The largest absolute Gasteiger partial charge is 0.573 e. The van der Waals surface area contributed by atoms with Crippen molar-refractivity contribution in [2.75, 3.05) is 5.32 Å². The summed E-state index contributed by atoms with van der Waals surface area (Å²) in [4.78, 5) is 16.2. The van der Waals surface area contributed by atoms with Crippen LogP contribution in [0.1, 0.15) is 15.9 Å². The van der Waals surface area contributed by atoms with Gasteiger partial charge in [0.2, 0.25) is 0 Å². The fourth-order valence-electron chi connectivity index (χ4n) is 2.58. The van der Waals surface area contributed by atoms with Crippen molar-refractivity contribution >= 4 is 11.6 Å². The Kier molecular flexibility index (Phi) is 6.42. The van der Waals surface area contributed by atoms with Crippen LogP contribution in [0.15, 0.2) is 54.9 Å². The van der Waals surface area contributed by atoms with Crippen molar-refractivity contribution in [2.24, 2.45) is 0 Å². The molecular formula is C20H10F8N2O3. The summed E-state index contributed by atoms with van der Waals surface area (Å²) in [6, 6.07) is 5.36. The van der Waals surface area contributed by atoms with E-state index >= 15 is 0 Å². The SMILES string of the molecule is O=C(Nc1cccnc1)c1c(Oc2ccc(OC(F)(F)F)c(F)c2)ccc(C(F)(F)F)c1F. The van der Waals surface area contributed by atoms with Crippen LogP contribution >= 0.6 is 0 Å². The lowest BCUT2D eigenvalue weighted by Gasteiger charge is -2.16. The molecule has 0 atom stereocenters. The third-order valence-corrected chi connectivity index (χ3v) is 3.91. The fraction of sp³-hybridized carbons (Fsp3) is 0.100. The molecular weight excluding hydrogens is 468 g/mol. The first kappa shape index (κ1) is 23.8. The van der Waals surface area contributed by atoms with Gasteiger partial charge < -0.3 is 14.8 Å². The van der Waals surface area contributed by atoms with E-state index in [1.165, 1.54) is 18.3 Å². The number of pyridine rings is 1. The van der Waals surface area contributed by atoms with Crippen molar-refractivity contribution in [3.8, 4) is 17.2 Å². The number of nitrogens with one attached hydrogen (secondary N) is 1. The lowest BCUT2D eigenvalue weighted by Crippen LogP contribution is -2.19. The summed E-state index contributed by atoms with van der Waals surface area (Å²) in [5.74, 6) is -7.36. The highest BCUT2D eigenvalue weighted by atomic mass is 19.4. The van der Waals surface area contributed by atoms with Crippen molar-refractivity contribution in [3.63, 3.8) is 0 Å². The number of alkyl halides is 6. The molecule has 174 valence electrons. The molecule has 0 bridgehead atoms. The molecule has 1 N–H and O–H groups in total. The molecule has 0 saturated heterocycles. The number of ether oxygens (including phenoxy) is 2. The normalized spacial score (nSPS) is 11.8. The number of benzene rings is 2. The molecule has 0 radical (unpaired) electrons. The number of rotatable bonds is 5. The molecule has 0 unspecified atom stereocenters. The average Bonchev–Trinajstić information content (AvgIpc) is 2.69. The maximum Gasteiger partial charge on any atom is 0.573 e. The second-order valence-corrected chi connectivity index (χ2v) is 6.24. The second kappa shape index (κ2) is 8.92. The summed E-state index contributed by atoms with van der Waals surface area (Å²) in [6.45, 7) is 0. The predicted molar refractivity (Wildman–Crippen MR) is 96.7 cm³/mol. The van der Waals surface area contributed by atoms with Crippen LogP contribution < -0.4 is 14.8 Å². The van der Waals surface area contributed by atoms with E-state index in [1.807, 2.05) is 0 Å². The molecule has 0 aliphatic heterocycles. The van der Waals surface area contributed by atoms with Crippen LogP contribution in [-0.2, 0) is 6.18 Å². The third-order valence-electron chi connectivity index (χ3n) is 3.91. The van der Waals surface area contributed by atoms with Crippen LogP contribution in [0.3, 0.4) is 0 Å². The standard InChI is InChI=1S/C20H10F8N2O3/c21-13-8-11(3-5-14(13)33-20(26,27)28)32-15-6-4-12(19(23,24)25)17(22)16(15)18(31)30-10-2-1-7-29-9-10/h1-9H,(H,30,31). The Labute approximate surface area is 179 Å². The number of nitrogens with zero attached hydrogens (tertiary/aromatic N) is 1. The molecule has 0 fully saturated rings. The van der Waals surface area contributed by atoms with Gasteiger partial charge in [0.25, 0.3) is 5.91 Å². The van der Waals surface area contributed by atoms with Crippen LogP contribution in [0.4, 0.5) is 40.8 Å². The van der Waals surface area contributed by atoms with Crippen LogP contribution in [0.5, 0.6) is 17.2 Å². The Bertz CT molecular complexity index is 1160. The number of aromatic nitrogens is 1. The van der Waals surface area contributed by atoms with Gasteiger partial charge in [0.1, 0.15) is 17.1 Å². The number of carbonyl (C=O) groups is 1. The van der Waals surface area contributed by atoms with Crippen LogP contribution in [-0.4, -0.2) is 17.3 Å². The monoisotopic (exact) mass is 478 g/mol. The maximum atomic E-state index is 14.7. The van der Waals surface area contributed by atoms with Gasteiger partial charge in [-0.15, -0.1) is 13.2 Å². The Hall–Kier alpha value is -3.90. The van der Waals surface area contributed by atoms with Crippen LogP contribution in [0, 0.1) is 11.6 Å². The van der Waals surface area contributed by atoms with Gasteiger partial charge in [-0.3, -0.25) is 9.78 Å². The summed E-state index contributed by atoms with van der Waals surface area (Å²) < 4.78 is 113. The summed E-state index contributed by atoms with van der Waals surface area (Å²) in [6.07, 6.45) is -7.86. The van der Waals surface area contributed by atoms with Gasteiger partial charge in [-0.1, -0.05) is 0 Å². The van der Waals surface area contributed by atoms with E-state index in [0.717, 1.165) is 12.3 Å². The van der Waals surface area contributed by atoms with Gasteiger partial charge in [0.15, 0.2) is 17.4 Å². The van der Waals surface area contributed by atoms with Gasteiger partial charge in [-0.05, 0) is 36.4 Å². The van der Waals surface area contributed by atoms with Crippen molar-refractivity contribution in [1.29, 1.82) is 0 Å². The van der Waals surface area contributed by atoms with E-state index in [1.54, 1.807) is 0 Å². The Morgan fingerprint density at radius 3 is 2.21 bits per heavy atom. The van der Waals surface area contributed by atoms with Gasteiger partial charge in [0, 0.05) is 12.3 Å². The van der Waals surface area contributed by atoms with Crippen molar-refractivity contribution < 1.29 is 49.4 Å². The van der Waals surface area contributed by atoms with Crippen LogP contribution in [0.25, 0.3) is 0 Å². The highest BCUT2D eigenvalue weighted by Crippen LogP contribution is 2.38. The molecule has 13 heteroatoms. The fourth-order valence-corrected chi connectivity index (χ4v) is 2.58. The molecule has 33 heavy (non-hydrogen) atoms. The minimum atomic E-state index is -5.18. The maximum absolute atomic E-state index is 14.7. The topological polar surface area (TPSA) is 60.5 Å². The van der Waals surface area contributed by atoms with Gasteiger partial charge >= 0.3 is 12.5 Å². The molecule has 0 aliphatic rings. The number of amides is 1. The average molecular weight is 478 g/mol. The molecule has 0 saturated carbocycles. The van der Waals surface area contributed by atoms with Crippen molar-refractivity contribution in [3.05, 3.63) is 77.6 Å². The molecule has 2 aromatic carbocycles. The van der Waals surface area contributed by atoms with E-state index in [0.29, 0.717) is 24.3 Å². The first-order valence-electron chi connectivity index (χ1n) is 8.69. The zero-order chi connectivity index (χ0) is 24.4. The highest BCUT2D eigenvalue weighted by Gasteiger charge is 2.37. The van der Waals surface area contributed by atoms with E-state index in [-0.39, 0.29) is 5.69 Å². The molecule has 3 aromatic rings. The molecule has 0 aliphatic carbocycles. The van der Waals surface area contributed by atoms with E-state index in [4.69, 9.17) is 4.74 Å².